The van der Waals surface area contributed by atoms with Crippen LogP contribution in [-0.2, 0) is 4.79 Å². The van der Waals surface area contributed by atoms with Crippen LogP contribution < -0.4 is 4.74 Å². The Morgan fingerprint density at radius 3 is 2.50 bits per heavy atom. The molecule has 1 saturated heterocycles. The number of likely N-dealkylation sites (tertiary alicyclic amines) is 1. The summed E-state index contributed by atoms with van der Waals surface area (Å²) in [6.45, 7) is 3.16. The van der Waals surface area contributed by atoms with E-state index in [-0.39, 0.29) is 11.5 Å². The van der Waals surface area contributed by atoms with Gasteiger partial charge in [0.1, 0.15) is 11.4 Å². The van der Waals surface area contributed by atoms with Gasteiger partial charge in [0, 0.05) is 38.4 Å². The largest absolute Gasteiger partial charge is 0.482 e. The van der Waals surface area contributed by atoms with E-state index < -0.39 is 0 Å². The van der Waals surface area contributed by atoms with E-state index in [9.17, 15) is 4.79 Å². The number of carbonyl (C=O) groups excluding carboxylic acids is 1. The highest BCUT2D eigenvalue weighted by Crippen LogP contribution is 2.38. The highest BCUT2D eigenvalue weighted by molar-refractivity contribution is 5.74. The SMILES string of the molecule is CC(=O)N1CCC2(C=Cc3cc(-c4ccccc4)ccc3O2)CC1. The summed E-state index contributed by atoms with van der Waals surface area (Å²) in [4.78, 5) is 13.4. The maximum Gasteiger partial charge on any atom is 0.219 e. The van der Waals surface area contributed by atoms with Gasteiger partial charge in [0.05, 0.1) is 0 Å². The molecule has 122 valence electrons. The number of piperidine rings is 1. The van der Waals surface area contributed by atoms with Gasteiger partial charge < -0.3 is 9.64 Å². The molecule has 0 radical (unpaired) electrons. The van der Waals surface area contributed by atoms with E-state index in [0.717, 1.165) is 37.2 Å². The van der Waals surface area contributed by atoms with Crippen molar-refractivity contribution in [1.29, 1.82) is 0 Å². The van der Waals surface area contributed by atoms with Crippen molar-refractivity contribution in [1.82, 2.24) is 4.90 Å². The molecule has 2 heterocycles. The molecule has 2 aliphatic rings. The number of fused-ring (bicyclic) bond motifs is 1. The van der Waals surface area contributed by atoms with Crippen LogP contribution >= 0.6 is 0 Å². The maximum atomic E-state index is 11.5. The van der Waals surface area contributed by atoms with Crippen LogP contribution in [0.15, 0.2) is 54.6 Å². The molecular weight excluding hydrogens is 298 g/mol. The molecule has 1 spiro atoms. The Bertz CT molecular complexity index is 787. The molecule has 4 rings (SSSR count). The monoisotopic (exact) mass is 319 g/mol. The maximum absolute atomic E-state index is 11.5. The summed E-state index contributed by atoms with van der Waals surface area (Å²) in [5.41, 5.74) is 3.28. The zero-order valence-corrected chi connectivity index (χ0v) is 13.9. The third kappa shape index (κ3) is 2.71. The first kappa shape index (κ1) is 15.0. The summed E-state index contributed by atoms with van der Waals surface area (Å²) in [5, 5.41) is 0. The number of amides is 1. The molecule has 2 aromatic carbocycles. The van der Waals surface area contributed by atoms with Crippen LogP contribution in [0.25, 0.3) is 17.2 Å². The van der Waals surface area contributed by atoms with Crippen molar-refractivity contribution in [2.24, 2.45) is 0 Å². The molecule has 3 nitrogen and oxygen atoms in total. The molecule has 1 fully saturated rings. The summed E-state index contributed by atoms with van der Waals surface area (Å²) in [6, 6.07) is 16.7. The first-order valence-electron chi connectivity index (χ1n) is 8.48. The van der Waals surface area contributed by atoms with E-state index in [1.807, 2.05) is 11.0 Å². The van der Waals surface area contributed by atoms with Gasteiger partial charge >= 0.3 is 0 Å². The standard InChI is InChI=1S/C21H21NO2/c1-16(23)22-13-11-21(12-14-22)10-9-19-15-18(7-8-20(19)24-21)17-5-3-2-4-6-17/h2-10,15H,11-14H2,1H3. The fourth-order valence-corrected chi connectivity index (χ4v) is 3.55. The molecule has 0 bridgehead atoms. The van der Waals surface area contributed by atoms with E-state index in [1.54, 1.807) is 6.92 Å². The Morgan fingerprint density at radius 1 is 1.04 bits per heavy atom. The van der Waals surface area contributed by atoms with Crippen molar-refractivity contribution in [3.05, 3.63) is 60.2 Å². The van der Waals surface area contributed by atoms with E-state index in [2.05, 4.69) is 54.6 Å². The van der Waals surface area contributed by atoms with Crippen molar-refractivity contribution < 1.29 is 9.53 Å². The molecule has 0 aliphatic carbocycles. The quantitative estimate of drug-likeness (QED) is 0.790. The third-order valence-corrected chi connectivity index (χ3v) is 5.05. The van der Waals surface area contributed by atoms with Gasteiger partial charge in [0.2, 0.25) is 5.91 Å². The Morgan fingerprint density at radius 2 is 1.79 bits per heavy atom. The van der Waals surface area contributed by atoms with Crippen LogP contribution in [0.1, 0.15) is 25.3 Å². The van der Waals surface area contributed by atoms with E-state index in [0.29, 0.717) is 0 Å². The minimum absolute atomic E-state index is 0.151. The van der Waals surface area contributed by atoms with E-state index in [4.69, 9.17) is 4.74 Å². The van der Waals surface area contributed by atoms with Crippen molar-refractivity contribution in [2.45, 2.75) is 25.4 Å². The lowest BCUT2D eigenvalue weighted by Crippen LogP contribution is -2.48. The number of carbonyl (C=O) groups is 1. The van der Waals surface area contributed by atoms with Crippen LogP contribution in [0.2, 0.25) is 0 Å². The molecule has 2 aliphatic heterocycles. The first-order valence-corrected chi connectivity index (χ1v) is 8.48. The van der Waals surface area contributed by atoms with E-state index in [1.165, 1.54) is 11.1 Å². The Balaban J connectivity index is 1.57. The average Bonchev–Trinajstić information content (AvgIpc) is 2.62. The second kappa shape index (κ2) is 5.82. The molecule has 2 aromatic rings. The Hall–Kier alpha value is -2.55. The molecule has 1 amide bonds. The van der Waals surface area contributed by atoms with E-state index >= 15 is 0 Å². The Kier molecular flexibility index (Phi) is 3.64. The fourth-order valence-electron chi connectivity index (χ4n) is 3.55. The molecule has 0 unspecified atom stereocenters. The predicted molar refractivity (Wildman–Crippen MR) is 95.8 cm³/mol. The predicted octanol–water partition coefficient (Wildman–Crippen LogP) is 4.14. The normalized spacial score (nSPS) is 18.1. The number of benzene rings is 2. The van der Waals surface area contributed by atoms with Crippen LogP contribution in [0.5, 0.6) is 5.75 Å². The molecule has 3 heteroatoms. The van der Waals surface area contributed by atoms with Crippen molar-refractivity contribution >= 4 is 12.0 Å². The second-order valence-corrected chi connectivity index (χ2v) is 6.62. The van der Waals surface area contributed by atoms with Crippen molar-refractivity contribution in [2.75, 3.05) is 13.1 Å². The van der Waals surface area contributed by atoms with Gasteiger partial charge in [0.25, 0.3) is 0 Å². The minimum Gasteiger partial charge on any atom is -0.482 e. The topological polar surface area (TPSA) is 29.5 Å². The highest BCUT2D eigenvalue weighted by atomic mass is 16.5. The van der Waals surface area contributed by atoms with Gasteiger partial charge in [-0.05, 0) is 29.3 Å². The minimum atomic E-state index is -0.257. The van der Waals surface area contributed by atoms with Gasteiger partial charge in [-0.15, -0.1) is 0 Å². The third-order valence-electron chi connectivity index (χ3n) is 5.05. The molecular formula is C21H21NO2. The summed E-state index contributed by atoms with van der Waals surface area (Å²) in [6.07, 6.45) is 6.06. The molecule has 0 N–H and O–H groups in total. The van der Waals surface area contributed by atoms with Gasteiger partial charge in [0.15, 0.2) is 0 Å². The average molecular weight is 319 g/mol. The zero-order valence-electron chi connectivity index (χ0n) is 13.9. The number of nitrogens with zero attached hydrogens (tertiary/aromatic N) is 1. The van der Waals surface area contributed by atoms with Gasteiger partial charge in [-0.3, -0.25) is 4.79 Å². The lowest BCUT2D eigenvalue weighted by molar-refractivity contribution is -0.131. The van der Waals surface area contributed by atoms with Gasteiger partial charge in [-0.25, -0.2) is 0 Å². The molecule has 0 saturated carbocycles. The number of rotatable bonds is 1. The van der Waals surface area contributed by atoms with Crippen LogP contribution in [-0.4, -0.2) is 29.5 Å². The van der Waals surface area contributed by atoms with Crippen LogP contribution in [0.3, 0.4) is 0 Å². The van der Waals surface area contributed by atoms with Crippen LogP contribution in [0.4, 0.5) is 0 Å². The van der Waals surface area contributed by atoms with Crippen LogP contribution in [0, 0.1) is 0 Å². The summed E-state index contributed by atoms with van der Waals surface area (Å²) in [5.74, 6) is 1.09. The smallest absolute Gasteiger partial charge is 0.219 e. The van der Waals surface area contributed by atoms with Crippen molar-refractivity contribution in [3.63, 3.8) is 0 Å². The second-order valence-electron chi connectivity index (χ2n) is 6.62. The van der Waals surface area contributed by atoms with Crippen molar-refractivity contribution in [3.8, 4) is 16.9 Å². The molecule has 0 atom stereocenters. The van der Waals surface area contributed by atoms with Gasteiger partial charge in [-0.2, -0.15) is 0 Å². The highest BCUT2D eigenvalue weighted by Gasteiger charge is 2.37. The number of hydrogen-bond acceptors (Lipinski definition) is 2. The number of ether oxygens (including phenoxy) is 1. The lowest BCUT2D eigenvalue weighted by Gasteiger charge is -2.41. The lowest BCUT2D eigenvalue weighted by atomic mass is 9.87. The van der Waals surface area contributed by atoms with Gasteiger partial charge in [-0.1, -0.05) is 42.5 Å². The zero-order chi connectivity index (χ0) is 16.6. The summed E-state index contributed by atoms with van der Waals surface area (Å²) in [7, 11) is 0. The molecule has 24 heavy (non-hydrogen) atoms. The summed E-state index contributed by atoms with van der Waals surface area (Å²) >= 11 is 0. The number of hydrogen-bond donors (Lipinski definition) is 0. The Labute approximate surface area is 142 Å². The first-order chi connectivity index (χ1) is 11.7. The fraction of sp³-hybridized carbons (Fsp3) is 0.286. The molecule has 0 aromatic heterocycles. The summed E-state index contributed by atoms with van der Waals surface area (Å²) < 4.78 is 6.35.